The van der Waals surface area contributed by atoms with Gasteiger partial charge in [-0.1, -0.05) is 33.1 Å². The molecule has 0 aliphatic carbocycles. The molecule has 0 aliphatic rings. The molecule has 0 amide bonds. The second kappa shape index (κ2) is 11.9. The van der Waals surface area contributed by atoms with Crippen molar-refractivity contribution in [1.29, 1.82) is 0 Å². The van der Waals surface area contributed by atoms with E-state index in [9.17, 15) is 17.8 Å². The van der Waals surface area contributed by atoms with Crippen molar-refractivity contribution < 1.29 is 56.2 Å². The molecule has 0 heterocycles. The summed E-state index contributed by atoms with van der Waals surface area (Å²) < 4.78 is 43.0. The first-order chi connectivity index (χ1) is 11.3. The van der Waals surface area contributed by atoms with Crippen molar-refractivity contribution in [2.75, 3.05) is 0 Å². The minimum atomic E-state index is -4.90. The summed E-state index contributed by atoms with van der Waals surface area (Å²) in [4.78, 5) is 11.4. The normalized spacial score (nSPS) is 10.9. The quantitative estimate of drug-likeness (QED) is 0.147. The van der Waals surface area contributed by atoms with Gasteiger partial charge in [0.1, 0.15) is 11.5 Å². The predicted molar refractivity (Wildman–Crippen MR) is 89.9 cm³/mol. The van der Waals surface area contributed by atoms with Crippen LogP contribution in [0.3, 0.4) is 0 Å². The van der Waals surface area contributed by atoms with Crippen molar-refractivity contribution in [3.05, 3.63) is 23.3 Å². The molecule has 0 radical (unpaired) electrons. The average molecular weight is 380 g/mol. The maximum atomic E-state index is 11.4. The zero-order valence-electron chi connectivity index (χ0n) is 15.5. The van der Waals surface area contributed by atoms with Crippen molar-refractivity contribution >= 4 is 16.4 Å². The first-order valence-corrected chi connectivity index (χ1v) is 9.59. The summed E-state index contributed by atoms with van der Waals surface area (Å²) in [5.74, 6) is -0.276. The third-order valence-corrected chi connectivity index (χ3v) is 3.91. The average Bonchev–Trinajstić information content (AvgIpc) is 2.44. The Bertz CT molecular complexity index is 657. The van der Waals surface area contributed by atoms with E-state index >= 15 is 0 Å². The molecule has 136 valence electrons. The van der Waals surface area contributed by atoms with E-state index in [0.29, 0.717) is 18.4 Å². The molecule has 0 atom stereocenters. The van der Waals surface area contributed by atoms with Gasteiger partial charge in [0.2, 0.25) is 0 Å². The zero-order valence-corrected chi connectivity index (χ0v) is 18.3. The number of ether oxygens (including phenoxy) is 1. The standard InChI is InChI=1S/C17H26O6S.Na/c1-4-6-8-9-14-11-16(22-13(3)18)15(10-7-5-2)17(12-14)23-24(19,20)21;/h11-12H,4-10H2,1-3H3,(H,19,20,21);/q;+1/p-1. The van der Waals surface area contributed by atoms with Crippen LogP contribution < -0.4 is 38.5 Å². The largest absolute Gasteiger partial charge is 1.00 e. The van der Waals surface area contributed by atoms with E-state index in [1.54, 1.807) is 12.1 Å². The summed E-state index contributed by atoms with van der Waals surface area (Å²) in [7, 11) is -4.90. The van der Waals surface area contributed by atoms with Gasteiger partial charge in [0.05, 0.1) is 0 Å². The number of unbranched alkanes of at least 4 members (excludes halogenated alkanes) is 3. The van der Waals surface area contributed by atoms with Crippen LogP contribution in [0.1, 0.15) is 64.0 Å². The molecule has 1 rings (SSSR count). The van der Waals surface area contributed by atoms with E-state index in [-0.39, 0.29) is 41.1 Å². The molecular weight excluding hydrogens is 355 g/mol. The third-order valence-electron chi connectivity index (χ3n) is 3.52. The molecular formula is C17H25NaO6S. The fraction of sp³-hybridized carbons (Fsp3) is 0.588. The molecule has 8 heteroatoms. The second-order valence-electron chi connectivity index (χ2n) is 5.72. The molecule has 0 saturated heterocycles. The Kier molecular flexibility index (Phi) is 11.6. The Labute approximate surface area is 172 Å². The van der Waals surface area contributed by atoms with Gasteiger partial charge in [0.15, 0.2) is 0 Å². The Hall–Kier alpha value is -0.600. The Balaban J connectivity index is 0.00000576. The summed E-state index contributed by atoms with van der Waals surface area (Å²) in [6.45, 7) is 5.34. The van der Waals surface area contributed by atoms with Crippen LogP contribution in [0.25, 0.3) is 0 Å². The fourth-order valence-electron chi connectivity index (χ4n) is 2.43. The van der Waals surface area contributed by atoms with Crippen LogP contribution in [0.15, 0.2) is 12.1 Å². The number of rotatable bonds is 10. The smallest absolute Gasteiger partial charge is 0.716 e. The number of hydrogen-bond donors (Lipinski definition) is 0. The van der Waals surface area contributed by atoms with Crippen molar-refractivity contribution in [2.45, 2.75) is 65.7 Å². The van der Waals surface area contributed by atoms with E-state index in [0.717, 1.165) is 37.7 Å². The molecule has 0 N–H and O–H groups in total. The minimum absolute atomic E-state index is 0. The molecule has 1 aromatic rings. The zero-order chi connectivity index (χ0) is 18.2. The molecule has 0 spiro atoms. The van der Waals surface area contributed by atoms with Gasteiger partial charge in [-0.15, -0.1) is 0 Å². The summed E-state index contributed by atoms with van der Waals surface area (Å²) in [5.41, 5.74) is 1.21. The molecule has 0 aliphatic heterocycles. The monoisotopic (exact) mass is 380 g/mol. The molecule has 25 heavy (non-hydrogen) atoms. The van der Waals surface area contributed by atoms with Gasteiger partial charge in [-0.25, -0.2) is 8.42 Å². The maximum absolute atomic E-state index is 11.4. The first kappa shape index (κ1) is 24.4. The van der Waals surface area contributed by atoms with Crippen LogP contribution in [0, 0.1) is 0 Å². The molecule has 0 fully saturated rings. The first-order valence-electron chi connectivity index (χ1n) is 8.26. The van der Waals surface area contributed by atoms with Gasteiger partial charge >= 0.3 is 35.5 Å². The van der Waals surface area contributed by atoms with Crippen LogP contribution in [0.5, 0.6) is 11.5 Å². The van der Waals surface area contributed by atoms with E-state index in [4.69, 9.17) is 4.74 Å². The van der Waals surface area contributed by atoms with E-state index in [2.05, 4.69) is 11.1 Å². The van der Waals surface area contributed by atoms with E-state index < -0.39 is 16.4 Å². The Morgan fingerprint density at radius 3 is 2.16 bits per heavy atom. The van der Waals surface area contributed by atoms with E-state index in [1.807, 2.05) is 6.92 Å². The maximum Gasteiger partial charge on any atom is 1.00 e. The van der Waals surface area contributed by atoms with Gasteiger partial charge in [-0.3, -0.25) is 4.79 Å². The van der Waals surface area contributed by atoms with Crippen LogP contribution in [0.2, 0.25) is 0 Å². The van der Waals surface area contributed by atoms with Gasteiger partial charge in [-0.2, -0.15) is 0 Å². The summed E-state index contributed by atoms with van der Waals surface area (Å²) in [6, 6.07) is 3.29. The number of aryl methyl sites for hydroxylation is 1. The molecule has 0 bridgehead atoms. The van der Waals surface area contributed by atoms with Gasteiger partial charge < -0.3 is 13.5 Å². The van der Waals surface area contributed by atoms with Gasteiger partial charge in [0, 0.05) is 12.5 Å². The summed E-state index contributed by atoms with van der Waals surface area (Å²) in [6.07, 6.45) is 5.73. The van der Waals surface area contributed by atoms with Crippen molar-refractivity contribution in [3.63, 3.8) is 0 Å². The molecule has 0 saturated carbocycles. The number of benzene rings is 1. The number of carbonyl (C=O) groups excluding carboxylic acids is 1. The second-order valence-corrected chi connectivity index (χ2v) is 6.70. The van der Waals surface area contributed by atoms with Crippen LogP contribution >= 0.6 is 0 Å². The Morgan fingerprint density at radius 1 is 1.04 bits per heavy atom. The third kappa shape index (κ3) is 9.61. The SMILES string of the molecule is CCCCCc1cc(OC(C)=O)c(CCCC)c(OS(=O)(=O)[O-])c1.[Na+]. The number of hydrogen-bond acceptors (Lipinski definition) is 6. The minimum Gasteiger partial charge on any atom is -0.716 e. The Morgan fingerprint density at radius 2 is 1.64 bits per heavy atom. The number of esters is 1. The summed E-state index contributed by atoms with van der Waals surface area (Å²) in [5, 5.41) is 0. The van der Waals surface area contributed by atoms with E-state index in [1.165, 1.54) is 6.92 Å². The molecule has 6 nitrogen and oxygen atoms in total. The predicted octanol–water partition coefficient (Wildman–Crippen LogP) is 0.530. The summed E-state index contributed by atoms with van der Waals surface area (Å²) >= 11 is 0. The van der Waals surface area contributed by atoms with Crippen molar-refractivity contribution in [3.8, 4) is 11.5 Å². The topological polar surface area (TPSA) is 92.7 Å². The fourth-order valence-corrected chi connectivity index (χ4v) is 2.80. The van der Waals surface area contributed by atoms with Crippen LogP contribution in [0.4, 0.5) is 0 Å². The molecule has 1 aromatic carbocycles. The van der Waals surface area contributed by atoms with Crippen molar-refractivity contribution in [2.24, 2.45) is 0 Å². The van der Waals surface area contributed by atoms with Gasteiger partial charge in [-0.05, 0) is 43.4 Å². The van der Waals surface area contributed by atoms with Gasteiger partial charge in [0.25, 0.3) is 10.4 Å². The van der Waals surface area contributed by atoms with Crippen LogP contribution in [-0.2, 0) is 28.0 Å². The number of carbonyl (C=O) groups is 1. The molecule has 0 unspecified atom stereocenters. The molecule has 0 aromatic heterocycles. The van der Waals surface area contributed by atoms with Crippen LogP contribution in [-0.4, -0.2) is 18.9 Å². The van der Waals surface area contributed by atoms with Crippen molar-refractivity contribution in [1.82, 2.24) is 0 Å².